The standard InChI is InChI=1S/C5H8N2S.C5H10O.C4H8O.CH4.3HI.V/c1-3-4(2)8-5(6)7-3;1-4(2)5(3)6;1-3-4(2)5;;;;;/h1-2H3,(H2,6,7);4H,1-3H3;3H2,1-2H3;1H4;3*1H;/q;;;;;;;+3/p-3. The summed E-state index contributed by atoms with van der Waals surface area (Å²) in [7, 11) is 0. The number of anilines is 1. The van der Waals surface area contributed by atoms with Crippen LogP contribution in [0.4, 0.5) is 5.13 Å². The van der Waals surface area contributed by atoms with E-state index in [4.69, 9.17) is 5.73 Å². The number of hydrogen-bond donors (Lipinski definition) is 1. The van der Waals surface area contributed by atoms with Crippen molar-refractivity contribution < 1.29 is 14.5 Å². The number of carbonyl (C=O) groups excluding carboxylic acids is 2. The summed E-state index contributed by atoms with van der Waals surface area (Å²) < 4.78 is 0. The maximum absolute atomic E-state index is 10.1. The van der Waals surface area contributed by atoms with E-state index >= 15 is 0 Å². The summed E-state index contributed by atoms with van der Waals surface area (Å²) in [4.78, 5) is 24.9. The molecule has 0 aliphatic heterocycles. The molecule has 0 amide bonds. The topological polar surface area (TPSA) is 73.0 Å². The van der Waals surface area contributed by atoms with Gasteiger partial charge >= 0.3 is 64.9 Å². The minimum absolute atomic E-state index is 0. The molecule has 0 atom stereocenters. The second-order valence-electron chi connectivity index (χ2n) is 4.71. The summed E-state index contributed by atoms with van der Waals surface area (Å²) in [6.45, 7) is 12.8. The molecule has 1 aromatic rings. The van der Waals surface area contributed by atoms with Gasteiger partial charge in [-0.05, 0) is 27.7 Å². The number of rotatable bonds is 2. The number of hydrogen-bond acceptors (Lipinski definition) is 5. The molecule has 4 nitrogen and oxygen atoms in total. The number of halogens is 3. The average Bonchev–Trinajstić information content (AvgIpc) is 2.67. The first-order valence-electron chi connectivity index (χ1n) is 6.81. The molecular weight excluding hydrogens is 704 g/mol. The van der Waals surface area contributed by atoms with E-state index in [1.54, 1.807) is 13.8 Å². The van der Waals surface area contributed by atoms with Crippen LogP contribution >= 0.6 is 71.3 Å². The van der Waals surface area contributed by atoms with Gasteiger partial charge in [-0.25, -0.2) is 4.98 Å². The molecule has 0 aliphatic carbocycles. The summed E-state index contributed by atoms with van der Waals surface area (Å²) in [5, 5.41) is 0.667. The van der Waals surface area contributed by atoms with Crippen LogP contribution in [0.1, 0.15) is 59.0 Å². The maximum atomic E-state index is 10.1. The second kappa shape index (κ2) is 20.9. The molecule has 2 N–H and O–H groups in total. The van der Waals surface area contributed by atoms with Crippen LogP contribution in [0.2, 0.25) is 0 Å². The molecule has 1 heterocycles. The minimum atomic E-state index is -0.278. The monoisotopic (exact) mass is 734 g/mol. The van der Waals surface area contributed by atoms with Gasteiger partial charge in [0.2, 0.25) is 0 Å². The molecule has 1 rings (SSSR count). The number of nitrogens with zero attached hydrogens (tertiary/aromatic N) is 1. The van der Waals surface area contributed by atoms with E-state index in [1.807, 2.05) is 34.6 Å². The van der Waals surface area contributed by atoms with E-state index in [0.29, 0.717) is 11.6 Å². The molecule has 0 saturated heterocycles. The Morgan fingerprint density at radius 3 is 1.54 bits per heavy atom. The number of nitrogen functional groups attached to an aromatic ring is 1. The van der Waals surface area contributed by atoms with Crippen LogP contribution in [0.5, 0.6) is 0 Å². The van der Waals surface area contributed by atoms with E-state index in [1.165, 1.54) is 16.2 Å². The molecule has 0 fully saturated rings. The Morgan fingerprint density at radius 2 is 1.50 bits per heavy atom. The van der Waals surface area contributed by atoms with Crippen molar-refractivity contribution in [2.75, 3.05) is 5.73 Å². The predicted molar refractivity (Wildman–Crippen MR) is 131 cm³/mol. The van der Waals surface area contributed by atoms with Crippen molar-refractivity contribution in [3.63, 3.8) is 0 Å². The van der Waals surface area contributed by atoms with Gasteiger partial charge in [-0.3, -0.25) is 4.79 Å². The van der Waals surface area contributed by atoms with E-state index < -0.39 is 0 Å². The molecule has 0 spiro atoms. The van der Waals surface area contributed by atoms with E-state index in [0.717, 1.165) is 5.69 Å². The fourth-order valence-electron chi connectivity index (χ4n) is 0.498. The predicted octanol–water partition coefficient (Wildman–Crippen LogP) is 6.85. The Bertz CT molecular complexity index is 434. The molecule has 144 valence electrons. The van der Waals surface area contributed by atoms with Gasteiger partial charge in [0.25, 0.3) is 0 Å². The van der Waals surface area contributed by atoms with Crippen molar-refractivity contribution in [2.45, 2.75) is 62.3 Å². The van der Waals surface area contributed by atoms with Gasteiger partial charge in [0.1, 0.15) is 11.6 Å². The fraction of sp³-hybridized carbons (Fsp3) is 0.667. The second-order valence-corrected chi connectivity index (χ2v) is 41.3. The fourth-order valence-corrected chi connectivity index (χ4v) is 1.19. The van der Waals surface area contributed by atoms with Crippen molar-refractivity contribution in [1.29, 1.82) is 0 Å². The molecule has 0 saturated carbocycles. The number of nitrogens with two attached hydrogens (primary N) is 1. The first-order chi connectivity index (χ1) is 10.3. The van der Waals surface area contributed by atoms with Gasteiger partial charge in [-0.2, -0.15) is 0 Å². The Kier molecular flexibility index (Phi) is 28.8. The molecule has 9 heteroatoms. The van der Waals surface area contributed by atoms with E-state index in [-0.39, 0.29) is 29.8 Å². The van der Waals surface area contributed by atoms with Crippen molar-refractivity contribution in [3.8, 4) is 0 Å². The Hall–Kier alpha value is 1.54. The quantitative estimate of drug-likeness (QED) is 0.338. The van der Waals surface area contributed by atoms with Gasteiger partial charge in [-0.15, -0.1) is 11.3 Å². The zero-order chi connectivity index (χ0) is 19.2. The van der Waals surface area contributed by atoms with Crippen LogP contribution in [-0.4, -0.2) is 16.6 Å². The van der Waals surface area contributed by atoms with Crippen molar-refractivity contribution in [3.05, 3.63) is 10.6 Å². The number of carbonyl (C=O) groups is 2. The van der Waals surface area contributed by atoms with Crippen LogP contribution < -0.4 is 5.73 Å². The Labute approximate surface area is 189 Å². The van der Waals surface area contributed by atoms with E-state index in [2.05, 4.69) is 64.9 Å². The molecular formula is C15H30I3N2O2SV. The van der Waals surface area contributed by atoms with Gasteiger partial charge in [0.05, 0.1) is 5.69 Å². The Balaban J connectivity index is -0.000000114. The van der Waals surface area contributed by atoms with Crippen LogP contribution in [0.3, 0.4) is 0 Å². The molecule has 0 unspecified atom stereocenters. The molecule has 24 heavy (non-hydrogen) atoms. The summed E-state index contributed by atoms with van der Waals surface area (Å²) in [5.41, 5.74) is 6.44. The zero-order valence-corrected chi connectivity index (χ0v) is 23.3. The number of aromatic nitrogens is 1. The zero-order valence-electron chi connectivity index (χ0n) is 14.6. The Morgan fingerprint density at radius 1 is 1.21 bits per heavy atom. The van der Waals surface area contributed by atoms with Crippen LogP contribution in [0.25, 0.3) is 0 Å². The number of thiazole rings is 1. The number of aryl methyl sites for hydroxylation is 2. The normalized spacial score (nSPS) is 8.67. The van der Waals surface area contributed by atoms with Crippen LogP contribution in [-0.2, 0) is 14.5 Å². The molecule has 0 aromatic carbocycles. The van der Waals surface area contributed by atoms with Gasteiger partial charge in [0.15, 0.2) is 5.13 Å². The molecule has 0 bridgehead atoms. The van der Waals surface area contributed by atoms with Gasteiger partial charge < -0.3 is 10.5 Å². The summed E-state index contributed by atoms with van der Waals surface area (Å²) in [6.07, 6.45) is 0.667. The van der Waals surface area contributed by atoms with Crippen molar-refractivity contribution in [1.82, 2.24) is 4.98 Å². The van der Waals surface area contributed by atoms with Gasteiger partial charge in [0, 0.05) is 17.2 Å². The number of Topliss-reactive ketones (excluding diaryl/α,β-unsaturated/α-hetero) is 2. The SMILES string of the molecule is C.CC(=O)C(C)C.CCC(C)=O.Cc1nc(N)sc1C.[I][V]([I])[I]. The third kappa shape index (κ3) is 31.3. The van der Waals surface area contributed by atoms with Crippen molar-refractivity contribution in [2.24, 2.45) is 5.92 Å². The molecule has 0 aliphatic rings. The molecule has 1 aromatic heterocycles. The summed E-state index contributed by atoms with van der Waals surface area (Å²) >= 11 is 8.92. The van der Waals surface area contributed by atoms with Crippen LogP contribution in [0, 0.1) is 19.8 Å². The van der Waals surface area contributed by atoms with E-state index in [9.17, 15) is 9.59 Å². The third-order valence-corrected chi connectivity index (χ3v) is 3.26. The van der Waals surface area contributed by atoms with Gasteiger partial charge in [-0.1, -0.05) is 28.2 Å². The number of ketones is 2. The average molecular weight is 734 g/mol. The summed E-state index contributed by atoms with van der Waals surface area (Å²) in [6, 6.07) is 0. The summed E-state index contributed by atoms with van der Waals surface area (Å²) in [5.74, 6) is 0.727. The first-order valence-corrected chi connectivity index (χ1v) is 21.1. The van der Waals surface area contributed by atoms with Crippen molar-refractivity contribution >= 4 is 88.0 Å². The first kappa shape index (κ1) is 33.2. The van der Waals surface area contributed by atoms with Crippen LogP contribution in [0.15, 0.2) is 0 Å². The third-order valence-electron chi connectivity index (χ3n) is 2.36. The molecule has 0 radical (unpaired) electrons.